The van der Waals surface area contributed by atoms with Crippen molar-refractivity contribution < 1.29 is 14.6 Å². The summed E-state index contributed by atoms with van der Waals surface area (Å²) in [6.45, 7) is 6.51. The van der Waals surface area contributed by atoms with Gasteiger partial charge in [0.15, 0.2) is 0 Å². The van der Waals surface area contributed by atoms with Crippen molar-refractivity contribution in [2.75, 3.05) is 12.3 Å². The molecule has 5 nitrogen and oxygen atoms in total. The third-order valence-electron chi connectivity index (χ3n) is 4.02. The molecule has 2 rings (SSSR count). The van der Waals surface area contributed by atoms with E-state index < -0.39 is 6.09 Å². The molecule has 0 aromatic heterocycles. The molecule has 2 aromatic rings. The number of anilines is 1. The van der Waals surface area contributed by atoms with Gasteiger partial charge in [-0.1, -0.05) is 50.6 Å². The summed E-state index contributed by atoms with van der Waals surface area (Å²) >= 11 is 6.02. The molecule has 1 amide bonds. The first kappa shape index (κ1) is 19.9. The minimum Gasteiger partial charge on any atom is -0.488 e. The third kappa shape index (κ3) is 5.85. The summed E-state index contributed by atoms with van der Waals surface area (Å²) in [4.78, 5) is 13.1. The molecule has 0 heterocycles. The number of carboxylic acid groups (broad SMARTS) is 1. The second kappa shape index (κ2) is 8.32. The first-order valence-corrected chi connectivity index (χ1v) is 8.77. The molecular formula is C20H25ClN2O3. The van der Waals surface area contributed by atoms with Crippen LogP contribution in [0.5, 0.6) is 5.75 Å². The molecule has 0 aliphatic heterocycles. The van der Waals surface area contributed by atoms with Gasteiger partial charge in [0.25, 0.3) is 0 Å². The summed E-state index contributed by atoms with van der Waals surface area (Å²) in [6, 6.07) is 14.3. The number of rotatable bonds is 6. The smallest absolute Gasteiger partial charge is 0.407 e. The first-order chi connectivity index (χ1) is 12.1. The van der Waals surface area contributed by atoms with E-state index in [0.29, 0.717) is 16.5 Å². The maximum Gasteiger partial charge on any atom is 0.407 e. The number of nitrogen functional groups attached to an aromatic ring is 1. The average Bonchev–Trinajstić information content (AvgIpc) is 2.52. The fraction of sp³-hybridized carbons (Fsp3) is 0.350. The number of halogens is 1. The van der Waals surface area contributed by atoms with Crippen molar-refractivity contribution in [1.29, 1.82) is 0 Å². The minimum atomic E-state index is -1.00. The van der Waals surface area contributed by atoms with Crippen molar-refractivity contribution in [2.24, 2.45) is 5.41 Å². The van der Waals surface area contributed by atoms with E-state index in [0.717, 1.165) is 5.56 Å². The predicted molar refractivity (Wildman–Crippen MR) is 105 cm³/mol. The zero-order chi connectivity index (χ0) is 19.3. The van der Waals surface area contributed by atoms with E-state index in [9.17, 15) is 9.90 Å². The van der Waals surface area contributed by atoms with Crippen molar-refractivity contribution in [2.45, 2.75) is 33.4 Å². The molecule has 6 heteroatoms. The van der Waals surface area contributed by atoms with Gasteiger partial charge in [-0.05, 0) is 35.9 Å². The highest BCUT2D eigenvalue weighted by molar-refractivity contribution is 6.30. The lowest BCUT2D eigenvalue weighted by molar-refractivity contribution is 0.0459. The molecule has 1 unspecified atom stereocenters. The van der Waals surface area contributed by atoms with Crippen LogP contribution in [0.4, 0.5) is 10.5 Å². The Hall–Kier alpha value is -2.40. The Kier molecular flexibility index (Phi) is 6.37. The number of amides is 1. The SMILES string of the molecule is CC(C)(C)C(CN(Cc1cccc(N)c1)C(=O)O)Oc1cccc(Cl)c1. The number of nitrogens with two attached hydrogens (primary N) is 1. The van der Waals surface area contributed by atoms with E-state index in [-0.39, 0.29) is 24.6 Å². The van der Waals surface area contributed by atoms with Gasteiger partial charge in [-0.25, -0.2) is 4.79 Å². The Labute approximate surface area is 159 Å². The lowest BCUT2D eigenvalue weighted by Gasteiger charge is -2.34. The van der Waals surface area contributed by atoms with Crippen LogP contribution in [0.25, 0.3) is 0 Å². The quantitative estimate of drug-likeness (QED) is 0.703. The van der Waals surface area contributed by atoms with Gasteiger partial charge in [-0.3, -0.25) is 0 Å². The summed E-state index contributed by atoms with van der Waals surface area (Å²) in [5, 5.41) is 10.2. The van der Waals surface area contributed by atoms with Gasteiger partial charge in [0.05, 0.1) is 6.54 Å². The minimum absolute atomic E-state index is 0.222. The van der Waals surface area contributed by atoms with Crippen molar-refractivity contribution in [3.05, 3.63) is 59.1 Å². The summed E-state index contributed by atoms with van der Waals surface area (Å²) < 4.78 is 6.09. The lowest BCUT2D eigenvalue weighted by Crippen LogP contribution is -2.44. The predicted octanol–water partition coefficient (Wildman–Crippen LogP) is 4.90. The molecule has 1 atom stereocenters. The van der Waals surface area contributed by atoms with Crippen molar-refractivity contribution in [3.8, 4) is 5.75 Å². The first-order valence-electron chi connectivity index (χ1n) is 8.39. The Balaban J connectivity index is 2.19. The van der Waals surface area contributed by atoms with Crippen LogP contribution in [0.15, 0.2) is 48.5 Å². The zero-order valence-electron chi connectivity index (χ0n) is 15.3. The van der Waals surface area contributed by atoms with Gasteiger partial charge in [-0.2, -0.15) is 0 Å². The number of nitrogens with zero attached hydrogens (tertiary/aromatic N) is 1. The molecular weight excluding hydrogens is 352 g/mol. The molecule has 2 aromatic carbocycles. The maximum absolute atomic E-state index is 11.8. The normalized spacial score (nSPS) is 12.5. The molecule has 0 saturated heterocycles. The molecule has 0 spiro atoms. The van der Waals surface area contributed by atoms with E-state index in [2.05, 4.69) is 0 Å². The number of carbonyl (C=O) groups is 1. The van der Waals surface area contributed by atoms with Crippen LogP contribution in [0, 0.1) is 5.41 Å². The highest BCUT2D eigenvalue weighted by Gasteiger charge is 2.30. The molecule has 0 saturated carbocycles. The van der Waals surface area contributed by atoms with Crippen LogP contribution >= 0.6 is 11.6 Å². The second-order valence-electron chi connectivity index (χ2n) is 7.34. The van der Waals surface area contributed by atoms with E-state index in [1.807, 2.05) is 39.0 Å². The molecule has 26 heavy (non-hydrogen) atoms. The van der Waals surface area contributed by atoms with E-state index in [1.54, 1.807) is 30.3 Å². The van der Waals surface area contributed by atoms with Crippen LogP contribution < -0.4 is 10.5 Å². The van der Waals surface area contributed by atoms with Gasteiger partial charge in [0, 0.05) is 22.7 Å². The Bertz CT molecular complexity index is 759. The second-order valence-corrected chi connectivity index (χ2v) is 7.77. The molecule has 0 radical (unpaired) electrons. The summed E-state index contributed by atoms with van der Waals surface area (Å²) in [5.41, 5.74) is 6.96. The highest BCUT2D eigenvalue weighted by atomic mass is 35.5. The molecule has 0 fully saturated rings. The molecule has 0 aliphatic carbocycles. The van der Waals surface area contributed by atoms with Crippen LogP contribution in [-0.4, -0.2) is 28.7 Å². The van der Waals surface area contributed by atoms with E-state index >= 15 is 0 Å². The lowest BCUT2D eigenvalue weighted by atomic mass is 9.88. The third-order valence-corrected chi connectivity index (χ3v) is 4.26. The Morgan fingerprint density at radius 1 is 1.23 bits per heavy atom. The van der Waals surface area contributed by atoms with Crippen LogP contribution in [0.3, 0.4) is 0 Å². The van der Waals surface area contributed by atoms with E-state index in [1.165, 1.54) is 4.90 Å². The Morgan fingerprint density at radius 2 is 1.92 bits per heavy atom. The Morgan fingerprint density at radius 3 is 2.50 bits per heavy atom. The molecule has 3 N–H and O–H groups in total. The molecule has 140 valence electrons. The number of ether oxygens (including phenoxy) is 1. The maximum atomic E-state index is 11.8. The largest absolute Gasteiger partial charge is 0.488 e. The average molecular weight is 377 g/mol. The van der Waals surface area contributed by atoms with Gasteiger partial charge in [0.2, 0.25) is 0 Å². The zero-order valence-corrected chi connectivity index (χ0v) is 16.0. The van der Waals surface area contributed by atoms with E-state index in [4.69, 9.17) is 22.1 Å². The fourth-order valence-electron chi connectivity index (χ4n) is 2.51. The standard InChI is InChI=1S/C20H25ClN2O3/c1-20(2,3)18(26-17-9-5-7-15(21)11-17)13-23(19(24)25)12-14-6-4-8-16(22)10-14/h4-11,18H,12-13,22H2,1-3H3,(H,24,25). The van der Waals surface area contributed by atoms with Crippen molar-refractivity contribution in [1.82, 2.24) is 4.90 Å². The monoisotopic (exact) mass is 376 g/mol. The van der Waals surface area contributed by atoms with Gasteiger partial charge < -0.3 is 20.5 Å². The number of hydrogen-bond donors (Lipinski definition) is 2. The fourth-order valence-corrected chi connectivity index (χ4v) is 2.70. The van der Waals surface area contributed by atoms with Gasteiger partial charge in [0.1, 0.15) is 11.9 Å². The number of hydrogen-bond acceptors (Lipinski definition) is 3. The molecule has 0 aliphatic rings. The van der Waals surface area contributed by atoms with Crippen LogP contribution in [0.1, 0.15) is 26.3 Å². The topological polar surface area (TPSA) is 75.8 Å². The summed E-state index contributed by atoms with van der Waals surface area (Å²) in [7, 11) is 0. The van der Waals surface area contributed by atoms with Crippen molar-refractivity contribution >= 4 is 23.4 Å². The highest BCUT2D eigenvalue weighted by Crippen LogP contribution is 2.27. The molecule has 0 bridgehead atoms. The van der Waals surface area contributed by atoms with Crippen molar-refractivity contribution in [3.63, 3.8) is 0 Å². The summed E-state index contributed by atoms with van der Waals surface area (Å²) in [5.74, 6) is 0.617. The van der Waals surface area contributed by atoms with Gasteiger partial charge >= 0.3 is 6.09 Å². The van der Waals surface area contributed by atoms with Crippen LogP contribution in [-0.2, 0) is 6.54 Å². The summed E-state index contributed by atoms with van der Waals surface area (Å²) in [6.07, 6.45) is -1.35. The number of benzene rings is 2. The van der Waals surface area contributed by atoms with Gasteiger partial charge in [-0.15, -0.1) is 0 Å². The van der Waals surface area contributed by atoms with Crippen LogP contribution in [0.2, 0.25) is 5.02 Å².